The number of nitrogens with two attached hydrogens (primary N) is 1. The second-order valence-corrected chi connectivity index (χ2v) is 5.27. The Balaban J connectivity index is 2.04. The van der Waals surface area contributed by atoms with Gasteiger partial charge in [0.2, 0.25) is 0 Å². The maximum Gasteiger partial charge on any atom is 0.255 e. The maximum atomic E-state index is 12.4. The fourth-order valence-electron chi connectivity index (χ4n) is 2.34. The first-order valence-electron chi connectivity index (χ1n) is 7.62. The molecule has 1 unspecified atom stereocenters. The van der Waals surface area contributed by atoms with Gasteiger partial charge < -0.3 is 25.3 Å². The number of ether oxygens (including phenoxy) is 3. The van der Waals surface area contributed by atoms with Crippen LogP contribution in [-0.4, -0.2) is 45.9 Å². The van der Waals surface area contributed by atoms with Gasteiger partial charge >= 0.3 is 0 Å². The predicted molar refractivity (Wildman–Crippen MR) is 83.4 cm³/mol. The lowest BCUT2D eigenvalue weighted by Gasteiger charge is -2.15. The van der Waals surface area contributed by atoms with E-state index in [4.69, 9.17) is 19.9 Å². The van der Waals surface area contributed by atoms with Gasteiger partial charge in [-0.3, -0.25) is 4.79 Å². The van der Waals surface area contributed by atoms with Crippen molar-refractivity contribution >= 4 is 5.91 Å². The van der Waals surface area contributed by atoms with Gasteiger partial charge in [-0.15, -0.1) is 0 Å². The fraction of sp³-hybridized carbons (Fsp3) is 0.562. The summed E-state index contributed by atoms with van der Waals surface area (Å²) in [6.07, 6.45) is 1.71. The molecule has 1 amide bonds. The van der Waals surface area contributed by atoms with Gasteiger partial charge in [-0.05, 0) is 31.5 Å². The quantitative estimate of drug-likeness (QED) is 0.705. The average Bonchev–Trinajstić information content (AvgIpc) is 3.06. The average molecular weight is 308 g/mol. The molecule has 0 aliphatic carbocycles. The summed E-state index contributed by atoms with van der Waals surface area (Å²) < 4.78 is 16.3. The Morgan fingerprint density at radius 3 is 3.05 bits per heavy atom. The molecule has 122 valence electrons. The smallest absolute Gasteiger partial charge is 0.255 e. The minimum atomic E-state index is -0.159. The number of rotatable bonds is 8. The van der Waals surface area contributed by atoms with Crippen molar-refractivity contribution in [2.75, 3.05) is 40.0 Å². The Bertz CT molecular complexity index is 487. The Morgan fingerprint density at radius 2 is 2.36 bits per heavy atom. The van der Waals surface area contributed by atoms with Crippen LogP contribution < -0.4 is 20.5 Å². The molecule has 0 bridgehead atoms. The lowest BCUT2D eigenvalue weighted by molar-refractivity contribution is 0.0940. The molecule has 0 radical (unpaired) electrons. The van der Waals surface area contributed by atoms with Crippen LogP contribution in [0.2, 0.25) is 0 Å². The van der Waals surface area contributed by atoms with Crippen LogP contribution in [0.5, 0.6) is 11.5 Å². The van der Waals surface area contributed by atoms with Crippen molar-refractivity contribution in [1.29, 1.82) is 0 Å². The van der Waals surface area contributed by atoms with Crippen LogP contribution in [0.25, 0.3) is 0 Å². The number of carbonyl (C=O) groups excluding carboxylic acids is 1. The van der Waals surface area contributed by atoms with Gasteiger partial charge in [-0.2, -0.15) is 0 Å². The van der Waals surface area contributed by atoms with Gasteiger partial charge in [0.05, 0.1) is 25.9 Å². The van der Waals surface area contributed by atoms with E-state index in [2.05, 4.69) is 5.32 Å². The third kappa shape index (κ3) is 4.35. The Labute approximate surface area is 130 Å². The molecular weight excluding hydrogens is 284 g/mol. The summed E-state index contributed by atoms with van der Waals surface area (Å²) in [5.74, 6) is 1.25. The van der Waals surface area contributed by atoms with Crippen molar-refractivity contribution in [1.82, 2.24) is 5.32 Å². The second-order valence-electron chi connectivity index (χ2n) is 5.27. The number of carbonyl (C=O) groups is 1. The predicted octanol–water partition coefficient (Wildman–Crippen LogP) is 1.19. The molecule has 6 nitrogen and oxygen atoms in total. The zero-order valence-electron chi connectivity index (χ0n) is 13.0. The zero-order chi connectivity index (χ0) is 15.8. The van der Waals surface area contributed by atoms with Crippen LogP contribution >= 0.6 is 0 Å². The fourth-order valence-corrected chi connectivity index (χ4v) is 2.34. The van der Waals surface area contributed by atoms with E-state index in [0.717, 1.165) is 19.4 Å². The minimum Gasteiger partial charge on any atom is -0.493 e. The first kappa shape index (κ1) is 16.6. The molecule has 22 heavy (non-hydrogen) atoms. The van der Waals surface area contributed by atoms with E-state index in [1.165, 1.54) is 0 Å². The Morgan fingerprint density at radius 1 is 1.50 bits per heavy atom. The second kappa shape index (κ2) is 8.60. The van der Waals surface area contributed by atoms with E-state index in [1.54, 1.807) is 25.3 Å². The number of nitrogens with one attached hydrogen (secondary N) is 1. The summed E-state index contributed by atoms with van der Waals surface area (Å²) in [6.45, 7) is 3.08. The van der Waals surface area contributed by atoms with Gasteiger partial charge in [0.1, 0.15) is 0 Å². The summed E-state index contributed by atoms with van der Waals surface area (Å²) in [6, 6.07) is 5.29. The molecule has 1 atom stereocenters. The summed E-state index contributed by atoms with van der Waals surface area (Å²) >= 11 is 0. The number of benzene rings is 1. The van der Waals surface area contributed by atoms with Crippen molar-refractivity contribution in [3.8, 4) is 11.5 Å². The van der Waals surface area contributed by atoms with E-state index in [0.29, 0.717) is 49.3 Å². The van der Waals surface area contributed by atoms with Gasteiger partial charge in [0.15, 0.2) is 11.5 Å². The normalized spacial score (nSPS) is 17.3. The number of hydrogen-bond donors (Lipinski definition) is 2. The summed E-state index contributed by atoms with van der Waals surface area (Å²) in [4.78, 5) is 12.4. The molecule has 1 aromatic rings. The maximum absolute atomic E-state index is 12.4. The molecule has 1 saturated heterocycles. The lowest BCUT2D eigenvalue weighted by Crippen LogP contribution is -2.30. The van der Waals surface area contributed by atoms with Crippen molar-refractivity contribution in [3.05, 3.63) is 23.8 Å². The highest BCUT2D eigenvalue weighted by atomic mass is 16.5. The molecule has 0 spiro atoms. The molecule has 1 aliphatic rings. The van der Waals surface area contributed by atoms with Crippen LogP contribution in [0.3, 0.4) is 0 Å². The molecule has 3 N–H and O–H groups in total. The van der Waals surface area contributed by atoms with Crippen LogP contribution in [0.4, 0.5) is 0 Å². The van der Waals surface area contributed by atoms with Crippen LogP contribution in [-0.2, 0) is 4.74 Å². The molecule has 0 aromatic heterocycles. The van der Waals surface area contributed by atoms with Crippen molar-refractivity contribution < 1.29 is 19.0 Å². The van der Waals surface area contributed by atoms with Crippen LogP contribution in [0, 0.1) is 5.92 Å². The van der Waals surface area contributed by atoms with Gasteiger partial charge in [-0.1, -0.05) is 6.07 Å². The highest BCUT2D eigenvalue weighted by Crippen LogP contribution is 2.31. The third-order valence-corrected chi connectivity index (χ3v) is 3.61. The number of hydrogen-bond acceptors (Lipinski definition) is 5. The van der Waals surface area contributed by atoms with Crippen LogP contribution in [0.15, 0.2) is 18.2 Å². The summed E-state index contributed by atoms with van der Waals surface area (Å²) in [5.41, 5.74) is 5.96. The van der Waals surface area contributed by atoms with E-state index in [9.17, 15) is 4.79 Å². The summed E-state index contributed by atoms with van der Waals surface area (Å²) in [7, 11) is 1.56. The molecule has 1 aromatic carbocycles. The van der Waals surface area contributed by atoms with E-state index >= 15 is 0 Å². The summed E-state index contributed by atoms with van der Waals surface area (Å²) in [5, 5.41) is 2.94. The highest BCUT2D eigenvalue weighted by molar-refractivity contribution is 5.97. The standard InChI is InChI=1S/C16H24N2O4/c1-20-14-5-2-4-13(15(14)22-8-3-7-17)16(19)18-10-12-6-9-21-11-12/h2,4-5,12H,3,6-11,17H2,1H3,(H,18,19). The number of para-hydroxylation sites is 1. The molecular formula is C16H24N2O4. The SMILES string of the molecule is COc1cccc(C(=O)NCC2CCOC2)c1OCCCN. The highest BCUT2D eigenvalue weighted by Gasteiger charge is 2.20. The van der Waals surface area contributed by atoms with Gasteiger partial charge in [0, 0.05) is 19.1 Å². The first-order valence-corrected chi connectivity index (χ1v) is 7.62. The Hall–Kier alpha value is -1.79. The van der Waals surface area contributed by atoms with Gasteiger partial charge in [0.25, 0.3) is 5.91 Å². The zero-order valence-corrected chi connectivity index (χ0v) is 13.0. The molecule has 6 heteroatoms. The van der Waals surface area contributed by atoms with Crippen molar-refractivity contribution in [2.24, 2.45) is 11.7 Å². The molecule has 1 fully saturated rings. The molecule has 1 aliphatic heterocycles. The minimum absolute atomic E-state index is 0.159. The number of amides is 1. The van der Waals surface area contributed by atoms with E-state index < -0.39 is 0 Å². The third-order valence-electron chi connectivity index (χ3n) is 3.61. The van der Waals surface area contributed by atoms with Crippen molar-refractivity contribution in [2.45, 2.75) is 12.8 Å². The van der Waals surface area contributed by atoms with Crippen LogP contribution in [0.1, 0.15) is 23.2 Å². The van der Waals surface area contributed by atoms with E-state index in [-0.39, 0.29) is 5.91 Å². The molecule has 0 saturated carbocycles. The number of methoxy groups -OCH3 is 1. The molecule has 1 heterocycles. The van der Waals surface area contributed by atoms with Crippen molar-refractivity contribution in [3.63, 3.8) is 0 Å². The van der Waals surface area contributed by atoms with E-state index in [1.807, 2.05) is 0 Å². The monoisotopic (exact) mass is 308 g/mol. The molecule has 2 rings (SSSR count). The lowest BCUT2D eigenvalue weighted by atomic mass is 10.1. The Kier molecular flexibility index (Phi) is 6.48. The van der Waals surface area contributed by atoms with Gasteiger partial charge in [-0.25, -0.2) is 0 Å². The first-order chi connectivity index (χ1) is 10.8. The largest absolute Gasteiger partial charge is 0.493 e. The topological polar surface area (TPSA) is 82.8 Å².